The molecule has 5 heteroatoms. The lowest BCUT2D eigenvalue weighted by Crippen LogP contribution is -2.00. The van der Waals surface area contributed by atoms with Crippen molar-refractivity contribution >= 4 is 33.7 Å². The molecule has 5 rings (SSSR count). The van der Waals surface area contributed by atoms with Gasteiger partial charge >= 0.3 is 0 Å². The molecule has 0 aliphatic rings. The monoisotopic (exact) mass is 375 g/mol. The molecule has 29 heavy (non-hydrogen) atoms. The van der Waals surface area contributed by atoms with Gasteiger partial charge in [0.2, 0.25) is 0 Å². The summed E-state index contributed by atoms with van der Waals surface area (Å²) in [6, 6.07) is 28.7. The van der Waals surface area contributed by atoms with E-state index in [9.17, 15) is 0 Å². The van der Waals surface area contributed by atoms with Crippen LogP contribution >= 0.6 is 0 Å². The molecule has 0 amide bonds. The lowest BCUT2D eigenvalue weighted by molar-refractivity contribution is 0.967. The maximum absolute atomic E-state index is 4.50. The van der Waals surface area contributed by atoms with Crippen molar-refractivity contribution in [3.8, 4) is 11.3 Å². The number of aromatic nitrogens is 3. The second kappa shape index (κ2) is 7.48. The molecule has 1 heterocycles. The first kappa shape index (κ1) is 17.0. The Morgan fingerprint density at radius 1 is 0.759 bits per heavy atom. The maximum atomic E-state index is 4.50. The van der Waals surface area contributed by atoms with Crippen molar-refractivity contribution in [3.63, 3.8) is 0 Å². The number of hydrazone groups is 1. The van der Waals surface area contributed by atoms with Crippen LogP contribution < -0.4 is 5.43 Å². The quantitative estimate of drug-likeness (QED) is 0.263. The van der Waals surface area contributed by atoms with Crippen LogP contribution in [0.3, 0.4) is 0 Å². The van der Waals surface area contributed by atoms with Crippen LogP contribution in [0.25, 0.3) is 32.8 Å². The molecule has 138 valence electrons. The van der Waals surface area contributed by atoms with Crippen molar-refractivity contribution in [3.05, 3.63) is 96.7 Å². The van der Waals surface area contributed by atoms with Crippen LogP contribution in [0.4, 0.5) is 5.95 Å². The standard InChI is InChI=1S/C24H17N5/c1-2-8-17(9-3-1)23-16-26-29-24(27-23)28-25-15-22-20-12-6-4-10-18(20)14-19-11-5-7-13-21(19)22/h1-16H,(H,27,28,29)/b25-15-. The summed E-state index contributed by atoms with van der Waals surface area (Å²) >= 11 is 0. The minimum Gasteiger partial charge on any atom is -0.244 e. The first-order valence-corrected chi connectivity index (χ1v) is 9.33. The molecular weight excluding hydrogens is 358 g/mol. The first-order valence-electron chi connectivity index (χ1n) is 9.33. The average molecular weight is 375 g/mol. The number of nitrogens with one attached hydrogen (secondary N) is 1. The van der Waals surface area contributed by atoms with E-state index >= 15 is 0 Å². The summed E-state index contributed by atoms with van der Waals surface area (Å²) < 4.78 is 0. The van der Waals surface area contributed by atoms with Gasteiger partial charge in [-0.3, -0.25) is 0 Å². The van der Waals surface area contributed by atoms with Crippen LogP contribution in [0, 0.1) is 0 Å². The molecular formula is C24H17N5. The number of rotatable bonds is 4. The van der Waals surface area contributed by atoms with Gasteiger partial charge in [-0.2, -0.15) is 10.2 Å². The lowest BCUT2D eigenvalue weighted by atomic mass is 9.97. The Kier molecular flexibility index (Phi) is 4.39. The third kappa shape index (κ3) is 3.41. The summed E-state index contributed by atoms with van der Waals surface area (Å²) in [4.78, 5) is 4.50. The number of anilines is 1. The Hall–Kier alpha value is -4.12. The third-order valence-electron chi connectivity index (χ3n) is 4.80. The fourth-order valence-electron chi connectivity index (χ4n) is 3.44. The highest BCUT2D eigenvalue weighted by Crippen LogP contribution is 2.27. The van der Waals surface area contributed by atoms with Crippen LogP contribution in [0.1, 0.15) is 5.56 Å². The number of benzene rings is 4. The van der Waals surface area contributed by atoms with Crippen molar-refractivity contribution in [2.24, 2.45) is 5.10 Å². The van der Waals surface area contributed by atoms with E-state index in [2.05, 4.69) is 56.0 Å². The summed E-state index contributed by atoms with van der Waals surface area (Å²) in [5.74, 6) is 0.354. The smallest absolute Gasteiger partial charge is 0.244 e. The molecule has 4 aromatic carbocycles. The Bertz CT molecular complexity index is 1280. The molecule has 0 spiro atoms. The normalized spacial score (nSPS) is 11.3. The fraction of sp³-hybridized carbons (Fsp3) is 0. The Labute approximate surface area is 167 Å². The highest BCUT2D eigenvalue weighted by atomic mass is 15.4. The van der Waals surface area contributed by atoms with E-state index in [0.29, 0.717) is 5.95 Å². The number of nitrogens with zero attached hydrogens (tertiary/aromatic N) is 4. The van der Waals surface area contributed by atoms with Crippen molar-refractivity contribution in [1.82, 2.24) is 15.2 Å². The molecule has 0 aliphatic heterocycles. The Morgan fingerprint density at radius 2 is 1.41 bits per heavy atom. The number of hydrogen-bond donors (Lipinski definition) is 1. The molecule has 0 aliphatic carbocycles. The van der Waals surface area contributed by atoms with Gasteiger partial charge in [-0.25, -0.2) is 10.4 Å². The molecule has 0 saturated carbocycles. The Morgan fingerprint density at radius 3 is 2.14 bits per heavy atom. The average Bonchev–Trinajstić information content (AvgIpc) is 2.79. The van der Waals surface area contributed by atoms with Crippen molar-refractivity contribution in [2.75, 3.05) is 5.43 Å². The van der Waals surface area contributed by atoms with Gasteiger partial charge in [0.1, 0.15) is 0 Å². The highest BCUT2D eigenvalue weighted by Gasteiger charge is 2.06. The minimum absolute atomic E-state index is 0.354. The lowest BCUT2D eigenvalue weighted by Gasteiger charge is -2.08. The van der Waals surface area contributed by atoms with E-state index in [1.807, 2.05) is 60.8 Å². The van der Waals surface area contributed by atoms with Crippen LogP contribution in [-0.4, -0.2) is 21.4 Å². The molecule has 0 unspecified atom stereocenters. The maximum Gasteiger partial charge on any atom is 0.263 e. The summed E-state index contributed by atoms with van der Waals surface area (Å²) in [6.07, 6.45) is 3.46. The molecule has 0 atom stereocenters. The van der Waals surface area contributed by atoms with Gasteiger partial charge < -0.3 is 0 Å². The van der Waals surface area contributed by atoms with E-state index in [0.717, 1.165) is 27.6 Å². The van der Waals surface area contributed by atoms with Gasteiger partial charge in [-0.05, 0) is 27.6 Å². The molecule has 0 bridgehead atoms. The molecule has 5 aromatic rings. The summed E-state index contributed by atoms with van der Waals surface area (Å²) in [6.45, 7) is 0. The van der Waals surface area contributed by atoms with Crippen molar-refractivity contribution < 1.29 is 0 Å². The molecule has 0 fully saturated rings. The topological polar surface area (TPSA) is 63.1 Å². The predicted octanol–water partition coefficient (Wildman–Crippen LogP) is 5.29. The third-order valence-corrected chi connectivity index (χ3v) is 4.80. The highest BCUT2D eigenvalue weighted by molar-refractivity contribution is 6.13. The largest absolute Gasteiger partial charge is 0.263 e. The zero-order valence-electron chi connectivity index (χ0n) is 15.5. The zero-order chi connectivity index (χ0) is 19.5. The van der Waals surface area contributed by atoms with Crippen LogP contribution in [0.15, 0.2) is 96.2 Å². The predicted molar refractivity (Wildman–Crippen MR) is 118 cm³/mol. The SMILES string of the molecule is C(=N/Nc1nncc(-c2ccccc2)n1)/c1c2ccccc2cc2ccccc12. The van der Waals surface area contributed by atoms with Crippen LogP contribution in [0.2, 0.25) is 0 Å². The second-order valence-electron chi connectivity index (χ2n) is 6.63. The van der Waals surface area contributed by atoms with Gasteiger partial charge in [0, 0.05) is 11.1 Å². The molecule has 1 N–H and O–H groups in total. The zero-order valence-corrected chi connectivity index (χ0v) is 15.5. The van der Waals surface area contributed by atoms with Gasteiger partial charge in [0.25, 0.3) is 5.95 Å². The first-order chi connectivity index (χ1) is 14.4. The van der Waals surface area contributed by atoms with Gasteiger partial charge in [-0.1, -0.05) is 78.9 Å². The van der Waals surface area contributed by atoms with E-state index in [1.54, 1.807) is 6.20 Å². The second-order valence-corrected chi connectivity index (χ2v) is 6.63. The van der Waals surface area contributed by atoms with E-state index < -0.39 is 0 Å². The molecule has 1 aromatic heterocycles. The number of fused-ring (bicyclic) bond motifs is 2. The summed E-state index contributed by atoms with van der Waals surface area (Å²) in [5, 5.41) is 17.1. The van der Waals surface area contributed by atoms with Gasteiger partial charge in [0.15, 0.2) is 0 Å². The van der Waals surface area contributed by atoms with Crippen molar-refractivity contribution in [1.29, 1.82) is 0 Å². The Balaban J connectivity index is 1.50. The molecule has 5 nitrogen and oxygen atoms in total. The van der Waals surface area contributed by atoms with E-state index in [-0.39, 0.29) is 0 Å². The minimum atomic E-state index is 0.354. The summed E-state index contributed by atoms with van der Waals surface area (Å²) in [7, 11) is 0. The van der Waals surface area contributed by atoms with E-state index in [1.165, 1.54) is 10.8 Å². The van der Waals surface area contributed by atoms with Crippen LogP contribution in [0.5, 0.6) is 0 Å². The van der Waals surface area contributed by atoms with E-state index in [4.69, 9.17) is 0 Å². The summed E-state index contributed by atoms with van der Waals surface area (Å²) in [5.41, 5.74) is 5.70. The van der Waals surface area contributed by atoms with Crippen molar-refractivity contribution in [2.45, 2.75) is 0 Å². The molecule has 0 saturated heterocycles. The van der Waals surface area contributed by atoms with Crippen LogP contribution in [-0.2, 0) is 0 Å². The van der Waals surface area contributed by atoms with Gasteiger partial charge in [0.05, 0.1) is 18.1 Å². The van der Waals surface area contributed by atoms with Gasteiger partial charge in [-0.15, -0.1) is 5.10 Å². The fourth-order valence-corrected chi connectivity index (χ4v) is 3.44. The molecule has 0 radical (unpaired) electrons. The number of hydrogen-bond acceptors (Lipinski definition) is 5.